The molecule has 4 rings (SSSR count). The minimum Gasteiger partial charge on any atom is -0.369 e. The second kappa shape index (κ2) is 9.55. The molecule has 0 aliphatic carbocycles. The van der Waals surface area contributed by atoms with Crippen molar-refractivity contribution in [3.8, 4) is 11.5 Å². The number of halogens is 1. The van der Waals surface area contributed by atoms with Crippen molar-refractivity contribution in [3.63, 3.8) is 0 Å². The molecule has 0 saturated carbocycles. The molecule has 31 heavy (non-hydrogen) atoms. The summed E-state index contributed by atoms with van der Waals surface area (Å²) >= 11 is 1.55. The number of aryl methyl sites for hydroxylation is 2. The third-order valence-corrected chi connectivity index (χ3v) is 6.39. The normalized spacial score (nSPS) is 14.7. The molecule has 3 heterocycles. The van der Waals surface area contributed by atoms with Gasteiger partial charge in [0.25, 0.3) is 5.89 Å². The van der Waals surface area contributed by atoms with Gasteiger partial charge in [0.05, 0.1) is 12.2 Å². The Labute approximate surface area is 184 Å². The number of amides is 1. The van der Waals surface area contributed by atoms with E-state index in [-0.39, 0.29) is 17.6 Å². The molecule has 0 radical (unpaired) electrons. The summed E-state index contributed by atoms with van der Waals surface area (Å²) in [5.74, 6) is 0.624. The van der Waals surface area contributed by atoms with Crippen LogP contribution in [0.5, 0.6) is 0 Å². The molecule has 7 nitrogen and oxygen atoms in total. The SMILES string of the molecule is CCCc1noc(-c2ccc(N3CCC(C(=O)NCc4nc(C)cs4)CC3)c(F)c2)n1. The highest BCUT2D eigenvalue weighted by Crippen LogP contribution is 2.29. The number of hydrogen-bond acceptors (Lipinski definition) is 7. The fraction of sp³-hybridized carbons (Fsp3) is 0.455. The van der Waals surface area contributed by atoms with Gasteiger partial charge < -0.3 is 14.7 Å². The van der Waals surface area contributed by atoms with Crippen LogP contribution < -0.4 is 10.2 Å². The van der Waals surface area contributed by atoms with Crippen LogP contribution in [0.1, 0.15) is 42.7 Å². The predicted molar refractivity (Wildman–Crippen MR) is 117 cm³/mol. The summed E-state index contributed by atoms with van der Waals surface area (Å²) < 4.78 is 20.1. The van der Waals surface area contributed by atoms with E-state index in [1.165, 1.54) is 6.07 Å². The minimum absolute atomic E-state index is 0.0441. The van der Waals surface area contributed by atoms with Crippen LogP contribution in [0.15, 0.2) is 28.1 Å². The summed E-state index contributed by atoms with van der Waals surface area (Å²) in [6, 6.07) is 4.99. The fourth-order valence-electron chi connectivity index (χ4n) is 3.77. The molecular weight excluding hydrogens is 417 g/mol. The first-order chi connectivity index (χ1) is 15.0. The lowest BCUT2D eigenvalue weighted by Crippen LogP contribution is -2.40. The molecule has 1 aliphatic heterocycles. The molecule has 1 fully saturated rings. The summed E-state index contributed by atoms with van der Waals surface area (Å²) in [5.41, 5.74) is 2.08. The number of thiazole rings is 1. The second-order valence-corrected chi connectivity index (χ2v) is 8.74. The van der Waals surface area contributed by atoms with Crippen LogP contribution in [0.3, 0.4) is 0 Å². The van der Waals surface area contributed by atoms with Gasteiger partial charge >= 0.3 is 0 Å². The molecule has 0 bridgehead atoms. The van der Waals surface area contributed by atoms with Crippen molar-refractivity contribution in [1.29, 1.82) is 0 Å². The number of piperidine rings is 1. The molecule has 1 saturated heterocycles. The topological polar surface area (TPSA) is 84.2 Å². The molecule has 3 aromatic rings. The lowest BCUT2D eigenvalue weighted by molar-refractivity contribution is -0.125. The van der Waals surface area contributed by atoms with Gasteiger partial charge in [0.15, 0.2) is 5.82 Å². The van der Waals surface area contributed by atoms with E-state index in [9.17, 15) is 9.18 Å². The van der Waals surface area contributed by atoms with Crippen molar-refractivity contribution >= 4 is 22.9 Å². The lowest BCUT2D eigenvalue weighted by atomic mass is 9.95. The van der Waals surface area contributed by atoms with Crippen molar-refractivity contribution < 1.29 is 13.7 Å². The average Bonchev–Trinajstić information content (AvgIpc) is 3.41. The highest BCUT2D eigenvalue weighted by atomic mass is 32.1. The summed E-state index contributed by atoms with van der Waals surface area (Å²) in [5, 5.41) is 9.79. The van der Waals surface area contributed by atoms with Crippen LogP contribution in [0, 0.1) is 18.7 Å². The van der Waals surface area contributed by atoms with E-state index in [0.29, 0.717) is 55.4 Å². The molecule has 1 aliphatic rings. The Kier molecular flexibility index (Phi) is 6.60. The molecule has 0 unspecified atom stereocenters. The van der Waals surface area contributed by atoms with E-state index >= 15 is 0 Å². The summed E-state index contributed by atoms with van der Waals surface area (Å²) in [7, 11) is 0. The maximum Gasteiger partial charge on any atom is 0.258 e. The van der Waals surface area contributed by atoms with E-state index in [0.717, 1.165) is 23.5 Å². The number of carbonyl (C=O) groups excluding carboxylic acids is 1. The second-order valence-electron chi connectivity index (χ2n) is 7.79. The van der Waals surface area contributed by atoms with Gasteiger partial charge in [-0.15, -0.1) is 11.3 Å². The number of anilines is 1. The van der Waals surface area contributed by atoms with Gasteiger partial charge in [-0.2, -0.15) is 4.98 Å². The first-order valence-electron chi connectivity index (χ1n) is 10.6. The molecule has 0 atom stereocenters. The number of nitrogens with one attached hydrogen (secondary N) is 1. The molecule has 1 N–H and O–H groups in total. The van der Waals surface area contributed by atoms with Gasteiger partial charge in [-0.25, -0.2) is 9.37 Å². The number of aromatic nitrogens is 3. The molecule has 9 heteroatoms. The minimum atomic E-state index is -0.324. The maximum atomic E-state index is 14.8. The van der Waals surface area contributed by atoms with Gasteiger partial charge in [0.2, 0.25) is 5.91 Å². The van der Waals surface area contributed by atoms with Crippen LogP contribution >= 0.6 is 11.3 Å². The van der Waals surface area contributed by atoms with Gasteiger partial charge in [-0.3, -0.25) is 4.79 Å². The lowest BCUT2D eigenvalue weighted by Gasteiger charge is -2.33. The monoisotopic (exact) mass is 443 g/mol. The summed E-state index contributed by atoms with van der Waals surface area (Å²) in [4.78, 5) is 23.2. The van der Waals surface area contributed by atoms with Crippen molar-refractivity contribution in [1.82, 2.24) is 20.4 Å². The van der Waals surface area contributed by atoms with Crippen molar-refractivity contribution in [2.45, 2.75) is 46.1 Å². The molecule has 164 valence electrons. The molecule has 1 aromatic carbocycles. The molecule has 1 amide bonds. The van der Waals surface area contributed by atoms with Crippen LogP contribution in [0.25, 0.3) is 11.5 Å². The first kappa shape index (κ1) is 21.4. The zero-order valence-corrected chi connectivity index (χ0v) is 18.5. The van der Waals surface area contributed by atoms with Crippen molar-refractivity contribution in [2.24, 2.45) is 5.92 Å². The quantitative estimate of drug-likeness (QED) is 0.591. The van der Waals surface area contributed by atoms with E-state index in [1.807, 2.05) is 24.1 Å². The number of hydrogen-bond donors (Lipinski definition) is 1. The van der Waals surface area contributed by atoms with E-state index in [1.54, 1.807) is 23.5 Å². The number of benzene rings is 1. The Morgan fingerprint density at radius 1 is 1.32 bits per heavy atom. The Balaban J connectivity index is 1.33. The Morgan fingerprint density at radius 3 is 2.81 bits per heavy atom. The van der Waals surface area contributed by atoms with Crippen LogP contribution in [0.2, 0.25) is 0 Å². The van der Waals surface area contributed by atoms with Gasteiger partial charge in [0, 0.05) is 42.1 Å². The Bertz CT molecular complexity index is 1040. The van der Waals surface area contributed by atoms with Gasteiger partial charge in [-0.1, -0.05) is 12.1 Å². The zero-order chi connectivity index (χ0) is 21.8. The number of rotatable bonds is 7. The Hall–Kier alpha value is -2.81. The summed E-state index contributed by atoms with van der Waals surface area (Å²) in [6.07, 6.45) is 3.03. The Morgan fingerprint density at radius 2 is 2.13 bits per heavy atom. The fourth-order valence-corrected chi connectivity index (χ4v) is 4.48. The summed E-state index contributed by atoms with van der Waals surface area (Å²) in [6.45, 7) is 5.70. The maximum absolute atomic E-state index is 14.8. The highest BCUT2D eigenvalue weighted by Gasteiger charge is 2.26. The zero-order valence-electron chi connectivity index (χ0n) is 17.7. The first-order valence-corrected chi connectivity index (χ1v) is 11.5. The molecule has 2 aromatic heterocycles. The number of carbonyl (C=O) groups is 1. The van der Waals surface area contributed by atoms with Crippen molar-refractivity contribution in [3.05, 3.63) is 45.9 Å². The average molecular weight is 444 g/mol. The third kappa shape index (κ3) is 5.10. The van der Waals surface area contributed by atoms with Crippen LogP contribution in [-0.4, -0.2) is 34.1 Å². The van der Waals surface area contributed by atoms with Crippen LogP contribution in [-0.2, 0) is 17.8 Å². The standard InChI is InChI=1S/C22H26FN5O2S/c1-3-4-19-26-22(30-27-19)16-5-6-18(17(23)11-16)28-9-7-15(8-10-28)21(29)24-12-20-25-14(2)13-31-20/h5-6,11,13,15H,3-4,7-10,12H2,1-2H3,(H,24,29). The van der Waals surface area contributed by atoms with Gasteiger partial charge in [0.1, 0.15) is 10.8 Å². The van der Waals surface area contributed by atoms with E-state index in [4.69, 9.17) is 4.52 Å². The van der Waals surface area contributed by atoms with Crippen LogP contribution in [0.4, 0.5) is 10.1 Å². The largest absolute Gasteiger partial charge is 0.369 e. The van der Waals surface area contributed by atoms with E-state index < -0.39 is 0 Å². The predicted octanol–water partition coefficient (Wildman–Crippen LogP) is 4.13. The highest BCUT2D eigenvalue weighted by molar-refractivity contribution is 7.09. The third-order valence-electron chi connectivity index (χ3n) is 5.42. The van der Waals surface area contributed by atoms with Gasteiger partial charge in [-0.05, 0) is 44.4 Å². The number of nitrogens with zero attached hydrogens (tertiary/aromatic N) is 4. The molecule has 0 spiro atoms. The molecular formula is C22H26FN5O2S. The smallest absolute Gasteiger partial charge is 0.258 e. The van der Waals surface area contributed by atoms with Crippen molar-refractivity contribution in [2.75, 3.05) is 18.0 Å². The van der Waals surface area contributed by atoms with E-state index in [2.05, 4.69) is 20.4 Å².